The smallest absolute Gasteiger partial charge is 0.330 e. The summed E-state index contributed by atoms with van der Waals surface area (Å²) in [6.07, 6.45) is 0.296. The molecule has 8 nitrogen and oxygen atoms in total. The Morgan fingerprint density at radius 3 is 2.02 bits per heavy atom. The van der Waals surface area contributed by atoms with Crippen molar-refractivity contribution in [2.75, 3.05) is 0 Å². The van der Waals surface area contributed by atoms with Crippen molar-refractivity contribution in [1.29, 1.82) is 0 Å². The van der Waals surface area contributed by atoms with E-state index in [-0.39, 0.29) is 11.1 Å². The lowest BCUT2D eigenvalue weighted by atomic mass is 10.1. The molecule has 2 heterocycles. The number of ether oxygens (including phenoxy) is 1. The first kappa shape index (κ1) is 31.3. The Morgan fingerprint density at radius 2 is 1.54 bits per heavy atom. The van der Waals surface area contributed by atoms with Crippen LogP contribution in [0.5, 0.6) is 0 Å². The van der Waals surface area contributed by atoms with Crippen LogP contribution in [0.15, 0.2) is 76.4 Å². The van der Waals surface area contributed by atoms with Crippen LogP contribution in [0.25, 0.3) is 0 Å². The predicted molar refractivity (Wildman–Crippen MR) is 168 cm³/mol. The molecular weight excluding hydrogens is 555 g/mol. The van der Waals surface area contributed by atoms with E-state index in [0.29, 0.717) is 12.0 Å². The average molecular weight is 598 g/mol. The first-order valence-electron chi connectivity index (χ1n) is 14.1. The number of aromatic nitrogens is 2. The second-order valence-corrected chi connectivity index (χ2v) is 19.1. The molecule has 3 aromatic rings. The molecule has 10 heteroatoms. The number of hydrogen-bond acceptors (Lipinski definition) is 5. The molecule has 2 N–H and O–H groups in total. The van der Waals surface area contributed by atoms with Gasteiger partial charge in [-0.2, -0.15) is 0 Å². The van der Waals surface area contributed by atoms with Crippen LogP contribution in [0.4, 0.5) is 0 Å². The Bertz CT molecular complexity index is 1440. The fraction of sp³-hybridized carbons (Fsp3) is 0.484. The Hall–Kier alpha value is -2.63. The molecule has 0 aliphatic carbocycles. The van der Waals surface area contributed by atoms with Gasteiger partial charge in [-0.1, -0.05) is 81.4 Å². The van der Waals surface area contributed by atoms with Crippen molar-refractivity contribution in [2.24, 2.45) is 0 Å². The van der Waals surface area contributed by atoms with Gasteiger partial charge in [-0.25, -0.2) is 13.7 Å². The molecular formula is C31H43N3O5SSi. The second-order valence-electron chi connectivity index (χ2n) is 12.9. The third-order valence-corrected chi connectivity index (χ3v) is 14.4. The molecule has 0 spiro atoms. The van der Waals surface area contributed by atoms with Gasteiger partial charge in [0.1, 0.15) is 12.3 Å². The van der Waals surface area contributed by atoms with Gasteiger partial charge in [0, 0.05) is 24.2 Å². The summed E-state index contributed by atoms with van der Waals surface area (Å²) < 4.78 is 31.4. The quantitative estimate of drug-likeness (QED) is 0.387. The standard InChI is InChI=1S/C31H43N3O5SSi/c1-21-20-34(29(36)32-28(21)35)26-19-25(27(38-26)22(2)33-40(37)30(3,4)5)39-41(31(6,7)8,23-15-11-9-12-16-23)24-17-13-10-14-18-24/h9-18,20,22,25-27,33H,19H2,1-8H3,(H,32,35,36)/t22-,25+,26-,27-,40+/m1/s1. The van der Waals surface area contributed by atoms with Crippen LogP contribution in [-0.4, -0.2) is 45.1 Å². The zero-order valence-corrected chi connectivity index (χ0v) is 27.1. The number of hydrogen-bond donors (Lipinski definition) is 2. The second kappa shape index (κ2) is 11.9. The summed E-state index contributed by atoms with van der Waals surface area (Å²) >= 11 is 0. The van der Waals surface area contributed by atoms with Crippen molar-refractivity contribution in [1.82, 2.24) is 14.3 Å². The Labute approximate surface area is 246 Å². The van der Waals surface area contributed by atoms with E-state index in [1.54, 1.807) is 13.1 Å². The van der Waals surface area contributed by atoms with Gasteiger partial charge < -0.3 is 9.16 Å². The molecule has 0 radical (unpaired) electrons. The van der Waals surface area contributed by atoms with Gasteiger partial charge in [-0.15, -0.1) is 0 Å². The van der Waals surface area contributed by atoms with Crippen molar-refractivity contribution >= 4 is 29.7 Å². The molecule has 0 amide bonds. The van der Waals surface area contributed by atoms with Crippen LogP contribution in [0, 0.1) is 6.92 Å². The van der Waals surface area contributed by atoms with Crippen LogP contribution in [0.2, 0.25) is 5.04 Å². The highest BCUT2D eigenvalue weighted by molar-refractivity contribution is 7.84. The fourth-order valence-corrected chi connectivity index (χ4v) is 11.0. The number of rotatable bonds is 8. The van der Waals surface area contributed by atoms with Crippen molar-refractivity contribution in [2.45, 2.75) is 96.1 Å². The Kier molecular flexibility index (Phi) is 9.11. The maximum absolute atomic E-state index is 13.1. The molecule has 41 heavy (non-hydrogen) atoms. The molecule has 2 aromatic carbocycles. The summed E-state index contributed by atoms with van der Waals surface area (Å²) in [7, 11) is -4.32. The topological polar surface area (TPSA) is 102 Å². The van der Waals surface area contributed by atoms with E-state index in [0.717, 1.165) is 10.4 Å². The highest BCUT2D eigenvalue weighted by Crippen LogP contribution is 2.41. The lowest BCUT2D eigenvalue weighted by Crippen LogP contribution is -2.68. The van der Waals surface area contributed by atoms with E-state index in [1.807, 2.05) is 64.1 Å². The average Bonchev–Trinajstić information content (AvgIpc) is 3.32. The Morgan fingerprint density at radius 1 is 1.00 bits per heavy atom. The van der Waals surface area contributed by atoms with Crippen molar-refractivity contribution in [3.63, 3.8) is 0 Å². The minimum atomic E-state index is -2.97. The van der Waals surface area contributed by atoms with Crippen molar-refractivity contribution in [3.05, 3.63) is 93.3 Å². The summed E-state index contributed by atoms with van der Waals surface area (Å²) in [4.78, 5) is 27.4. The first-order valence-corrected chi connectivity index (χ1v) is 17.2. The van der Waals surface area contributed by atoms with Gasteiger partial charge in [0.15, 0.2) is 0 Å². The summed E-state index contributed by atoms with van der Waals surface area (Å²) in [5.41, 5.74) is -0.535. The summed E-state index contributed by atoms with van der Waals surface area (Å²) in [5, 5.41) is 2.00. The van der Waals surface area contributed by atoms with Crippen molar-refractivity contribution < 1.29 is 13.4 Å². The lowest BCUT2D eigenvalue weighted by Gasteiger charge is -2.45. The zero-order valence-electron chi connectivity index (χ0n) is 25.3. The Balaban J connectivity index is 1.84. The maximum atomic E-state index is 13.1. The summed E-state index contributed by atoms with van der Waals surface area (Å²) in [6, 6.07) is 20.4. The lowest BCUT2D eigenvalue weighted by molar-refractivity contribution is -0.0299. The van der Waals surface area contributed by atoms with E-state index >= 15 is 0 Å². The normalized spacial score (nSPS) is 21.5. The minimum Gasteiger partial charge on any atom is -0.402 e. The minimum absolute atomic E-state index is 0.269. The fourth-order valence-electron chi connectivity index (χ4n) is 5.52. The number of nitrogens with zero attached hydrogens (tertiary/aromatic N) is 1. The first-order chi connectivity index (χ1) is 19.1. The van der Waals surface area contributed by atoms with Crippen LogP contribution < -0.4 is 26.3 Å². The molecule has 1 aliphatic heterocycles. The van der Waals surface area contributed by atoms with Crippen molar-refractivity contribution in [3.8, 4) is 0 Å². The van der Waals surface area contributed by atoms with E-state index in [2.05, 4.69) is 54.7 Å². The van der Waals surface area contributed by atoms with E-state index in [1.165, 1.54) is 4.57 Å². The van der Waals surface area contributed by atoms with Crippen LogP contribution in [-0.2, 0) is 20.1 Å². The van der Waals surface area contributed by atoms with Crippen LogP contribution >= 0.6 is 0 Å². The van der Waals surface area contributed by atoms with Crippen LogP contribution in [0.3, 0.4) is 0 Å². The van der Waals surface area contributed by atoms with Gasteiger partial charge >= 0.3 is 5.69 Å². The number of benzene rings is 2. The van der Waals surface area contributed by atoms with E-state index in [4.69, 9.17) is 9.16 Å². The third-order valence-electron chi connectivity index (χ3n) is 7.66. The van der Waals surface area contributed by atoms with Gasteiger partial charge in [-0.3, -0.25) is 14.3 Å². The predicted octanol–water partition coefficient (Wildman–Crippen LogP) is 3.52. The molecule has 1 aromatic heterocycles. The largest absolute Gasteiger partial charge is 0.402 e. The number of H-pyrrole nitrogens is 1. The van der Waals surface area contributed by atoms with Gasteiger partial charge in [0.25, 0.3) is 13.9 Å². The molecule has 0 unspecified atom stereocenters. The maximum Gasteiger partial charge on any atom is 0.330 e. The molecule has 1 fully saturated rings. The van der Waals surface area contributed by atoms with Gasteiger partial charge in [0.2, 0.25) is 0 Å². The molecule has 5 atom stereocenters. The highest BCUT2D eigenvalue weighted by atomic mass is 32.2. The SMILES string of the molecule is Cc1cn([C@H]2C[C@H](O[Si](c3ccccc3)(c3ccccc3)C(C)(C)C)[C@@H]([C@@H](C)N[S@@](=O)C(C)(C)C)O2)c(=O)[nH]c1=O. The number of nitrogens with one attached hydrogen (secondary N) is 2. The molecule has 0 saturated carbocycles. The summed E-state index contributed by atoms with van der Waals surface area (Å²) in [5.74, 6) is 0. The van der Waals surface area contributed by atoms with E-state index < -0.39 is 53.7 Å². The number of aryl methyl sites for hydroxylation is 1. The molecule has 4 rings (SSSR count). The molecule has 1 saturated heterocycles. The number of aromatic amines is 1. The van der Waals surface area contributed by atoms with E-state index in [9.17, 15) is 13.8 Å². The monoisotopic (exact) mass is 597 g/mol. The zero-order chi connectivity index (χ0) is 30.2. The molecule has 0 bridgehead atoms. The highest BCUT2D eigenvalue weighted by Gasteiger charge is 2.54. The molecule has 1 aliphatic rings. The molecule has 222 valence electrons. The third kappa shape index (κ3) is 6.41. The van der Waals surface area contributed by atoms with Gasteiger partial charge in [-0.05, 0) is 50.0 Å². The van der Waals surface area contributed by atoms with Crippen LogP contribution in [0.1, 0.15) is 66.7 Å². The van der Waals surface area contributed by atoms with Gasteiger partial charge in [0.05, 0.1) is 21.8 Å². The summed E-state index contributed by atoms with van der Waals surface area (Å²) in [6.45, 7) is 16.0.